The molecule has 0 aromatic heterocycles. The molecule has 1 aliphatic rings. The van der Waals surface area contributed by atoms with Crippen molar-refractivity contribution in [2.24, 2.45) is 5.92 Å². The Morgan fingerprint density at radius 1 is 1.29 bits per heavy atom. The van der Waals surface area contributed by atoms with E-state index in [2.05, 4.69) is 0 Å². The van der Waals surface area contributed by atoms with Gasteiger partial charge in [-0.15, -0.1) is 0 Å². The van der Waals surface area contributed by atoms with Crippen LogP contribution < -0.4 is 0 Å². The molecule has 0 aromatic carbocycles. The zero-order chi connectivity index (χ0) is 16.3. The second kappa shape index (κ2) is 7.06. The van der Waals surface area contributed by atoms with Crippen LogP contribution in [0.15, 0.2) is 0 Å². The van der Waals surface area contributed by atoms with Gasteiger partial charge < -0.3 is 13.6 Å². The zero-order valence-electron chi connectivity index (χ0n) is 13.6. The third kappa shape index (κ3) is 3.06. The van der Waals surface area contributed by atoms with Crippen molar-refractivity contribution in [3.8, 4) is 0 Å². The van der Waals surface area contributed by atoms with E-state index in [4.69, 9.17) is 13.6 Å². The predicted molar refractivity (Wildman–Crippen MR) is 83.0 cm³/mol. The van der Waals surface area contributed by atoms with Crippen molar-refractivity contribution in [2.45, 2.75) is 56.0 Å². The lowest BCUT2D eigenvalue weighted by molar-refractivity contribution is -0.0521. The van der Waals surface area contributed by atoms with Gasteiger partial charge in [0.15, 0.2) is 0 Å². The minimum absolute atomic E-state index is 0.326. The number of rotatable bonds is 7. The molecule has 1 N–H and O–H groups in total. The standard InChI is InChI=1S/C13H28O6SSi/c1-6-12(20(14,15)16)11-9-8-10-21(18-4,19-5)13(11,7-2)17-3/h11-12H,6-10H2,1-5H3,(H,14,15,16). The highest BCUT2D eigenvalue weighted by atomic mass is 32.2. The van der Waals surface area contributed by atoms with Gasteiger partial charge in [0.1, 0.15) is 5.22 Å². The Bertz CT molecular complexity index is 430. The van der Waals surface area contributed by atoms with Crippen molar-refractivity contribution in [3.05, 3.63) is 0 Å². The van der Waals surface area contributed by atoms with Crippen LogP contribution in [0.4, 0.5) is 0 Å². The number of methoxy groups -OCH3 is 1. The van der Waals surface area contributed by atoms with Gasteiger partial charge in [-0.25, -0.2) is 0 Å². The summed E-state index contributed by atoms with van der Waals surface area (Å²) in [6.07, 6.45) is 2.43. The van der Waals surface area contributed by atoms with E-state index >= 15 is 0 Å². The summed E-state index contributed by atoms with van der Waals surface area (Å²) in [5.41, 5.74) is 0. The van der Waals surface area contributed by atoms with E-state index < -0.39 is 29.2 Å². The maximum Gasteiger partial charge on any atom is 0.371 e. The lowest BCUT2D eigenvalue weighted by Crippen LogP contribution is -2.70. The Morgan fingerprint density at radius 3 is 2.19 bits per heavy atom. The first-order valence-corrected chi connectivity index (χ1v) is 10.9. The summed E-state index contributed by atoms with van der Waals surface area (Å²) in [5, 5.41) is -1.62. The third-order valence-electron chi connectivity index (χ3n) is 5.05. The molecule has 1 saturated heterocycles. The molecule has 1 rings (SSSR count). The van der Waals surface area contributed by atoms with Gasteiger partial charge in [0, 0.05) is 27.2 Å². The fourth-order valence-electron chi connectivity index (χ4n) is 4.09. The molecule has 0 aliphatic carbocycles. The van der Waals surface area contributed by atoms with E-state index in [1.807, 2.05) is 6.92 Å². The summed E-state index contributed by atoms with van der Waals surface area (Å²) in [4.78, 5) is 0. The molecule has 8 heteroatoms. The quantitative estimate of drug-likeness (QED) is 0.565. The highest BCUT2D eigenvalue weighted by Crippen LogP contribution is 2.48. The molecule has 0 saturated carbocycles. The fraction of sp³-hybridized carbons (Fsp3) is 1.00. The SMILES string of the molecule is CCC(C1CCC[Si](OC)(OC)C1(CC)OC)S(=O)(=O)O. The molecule has 3 unspecified atom stereocenters. The summed E-state index contributed by atoms with van der Waals surface area (Å²) in [6, 6.07) is 0.764. The topological polar surface area (TPSA) is 82.1 Å². The molecule has 21 heavy (non-hydrogen) atoms. The van der Waals surface area contributed by atoms with Crippen molar-refractivity contribution in [1.82, 2.24) is 0 Å². The largest absolute Gasteiger partial charge is 0.396 e. The lowest BCUT2D eigenvalue weighted by atomic mass is 9.88. The van der Waals surface area contributed by atoms with Crippen molar-refractivity contribution in [2.75, 3.05) is 21.3 Å². The Kier molecular flexibility index (Phi) is 6.40. The Labute approximate surface area is 129 Å². The second-order valence-electron chi connectivity index (χ2n) is 5.57. The van der Waals surface area contributed by atoms with Gasteiger partial charge in [-0.3, -0.25) is 4.55 Å². The molecule has 0 bridgehead atoms. The van der Waals surface area contributed by atoms with Gasteiger partial charge in [0.05, 0.1) is 5.25 Å². The van der Waals surface area contributed by atoms with Gasteiger partial charge in [-0.05, 0) is 25.3 Å². The molecule has 6 nitrogen and oxygen atoms in total. The maximum atomic E-state index is 11.8. The summed E-state index contributed by atoms with van der Waals surface area (Å²) >= 11 is 0. The van der Waals surface area contributed by atoms with Gasteiger partial charge in [-0.1, -0.05) is 20.3 Å². The van der Waals surface area contributed by atoms with Crippen molar-refractivity contribution >= 4 is 18.7 Å². The molecule has 0 aromatic rings. The average Bonchev–Trinajstić information content (AvgIpc) is 2.46. The Balaban J connectivity index is 3.42. The van der Waals surface area contributed by atoms with E-state index in [9.17, 15) is 13.0 Å². The number of ether oxygens (including phenoxy) is 1. The summed E-state index contributed by atoms with van der Waals surface area (Å²) in [6.45, 7) is 3.73. The average molecular weight is 341 g/mol. The van der Waals surface area contributed by atoms with Gasteiger partial charge in [0.25, 0.3) is 10.1 Å². The van der Waals surface area contributed by atoms with Crippen LogP contribution >= 0.6 is 0 Å². The first-order chi connectivity index (χ1) is 9.78. The van der Waals surface area contributed by atoms with E-state index in [-0.39, 0.29) is 5.92 Å². The van der Waals surface area contributed by atoms with Gasteiger partial charge >= 0.3 is 8.56 Å². The van der Waals surface area contributed by atoms with Crippen LogP contribution in [0.1, 0.15) is 39.5 Å². The van der Waals surface area contributed by atoms with Crippen LogP contribution in [0.25, 0.3) is 0 Å². The normalized spacial score (nSPS) is 31.0. The highest BCUT2D eigenvalue weighted by molar-refractivity contribution is 7.86. The van der Waals surface area contributed by atoms with E-state index in [1.54, 1.807) is 28.3 Å². The van der Waals surface area contributed by atoms with Crippen LogP contribution in [0.3, 0.4) is 0 Å². The molecule has 1 aliphatic heterocycles. The van der Waals surface area contributed by atoms with Crippen LogP contribution in [0.2, 0.25) is 6.04 Å². The monoisotopic (exact) mass is 340 g/mol. The smallest absolute Gasteiger partial charge is 0.371 e. The van der Waals surface area contributed by atoms with Crippen molar-refractivity contribution in [3.63, 3.8) is 0 Å². The fourth-order valence-corrected chi connectivity index (χ4v) is 9.52. The van der Waals surface area contributed by atoms with Crippen LogP contribution in [-0.4, -0.2) is 53.3 Å². The molecule has 3 atom stereocenters. The molecule has 126 valence electrons. The summed E-state index contributed by atoms with van der Waals surface area (Å²) < 4.78 is 50.6. The Hall–Kier alpha value is 0.00688. The summed E-state index contributed by atoms with van der Waals surface area (Å²) in [5.74, 6) is -0.326. The molecule has 1 heterocycles. The van der Waals surface area contributed by atoms with Gasteiger partial charge in [-0.2, -0.15) is 8.42 Å². The molecule has 0 radical (unpaired) electrons. The van der Waals surface area contributed by atoms with Crippen molar-refractivity contribution in [1.29, 1.82) is 0 Å². The maximum absolute atomic E-state index is 11.8. The van der Waals surface area contributed by atoms with Crippen molar-refractivity contribution < 1.29 is 26.6 Å². The first kappa shape index (κ1) is 19.1. The van der Waals surface area contributed by atoms with E-state index in [0.717, 1.165) is 12.5 Å². The minimum atomic E-state index is -4.14. The van der Waals surface area contributed by atoms with E-state index in [0.29, 0.717) is 19.3 Å². The molecular weight excluding hydrogens is 312 g/mol. The zero-order valence-corrected chi connectivity index (χ0v) is 15.4. The molecular formula is C13H28O6SSi. The van der Waals surface area contributed by atoms with Gasteiger partial charge in [0.2, 0.25) is 0 Å². The van der Waals surface area contributed by atoms with E-state index in [1.165, 1.54) is 0 Å². The third-order valence-corrected chi connectivity index (χ3v) is 11.0. The molecule has 1 fully saturated rings. The van der Waals surface area contributed by atoms with Crippen LogP contribution in [-0.2, 0) is 23.7 Å². The number of hydrogen-bond acceptors (Lipinski definition) is 5. The lowest BCUT2D eigenvalue weighted by Gasteiger charge is -2.53. The minimum Gasteiger partial charge on any atom is -0.396 e. The molecule has 0 spiro atoms. The predicted octanol–water partition coefficient (Wildman–Crippen LogP) is 2.13. The Morgan fingerprint density at radius 2 is 1.86 bits per heavy atom. The second-order valence-corrected chi connectivity index (χ2v) is 10.9. The molecule has 0 amide bonds. The summed E-state index contributed by atoms with van der Waals surface area (Å²) in [7, 11) is -2.07. The van der Waals surface area contributed by atoms with Crippen LogP contribution in [0, 0.1) is 5.92 Å². The highest BCUT2D eigenvalue weighted by Gasteiger charge is 2.64. The van der Waals surface area contributed by atoms with Crippen LogP contribution in [0.5, 0.6) is 0 Å². The first-order valence-electron chi connectivity index (χ1n) is 7.40. The number of hydrogen-bond donors (Lipinski definition) is 1.